The second-order valence-corrected chi connectivity index (χ2v) is 7.47. The molecule has 0 bridgehead atoms. The van der Waals surface area contributed by atoms with Gasteiger partial charge in [-0.3, -0.25) is 18.8 Å². The summed E-state index contributed by atoms with van der Waals surface area (Å²) in [5.74, 6) is -1.07. The van der Waals surface area contributed by atoms with Gasteiger partial charge in [0, 0.05) is 35.2 Å². The van der Waals surface area contributed by atoms with E-state index in [1.54, 1.807) is 6.07 Å². The molecular weight excluding hydrogens is 424 g/mol. The summed E-state index contributed by atoms with van der Waals surface area (Å²) in [4.78, 5) is 39.4. The Morgan fingerprint density at radius 2 is 2.00 bits per heavy atom. The van der Waals surface area contributed by atoms with Gasteiger partial charge in [0.15, 0.2) is 5.78 Å². The minimum atomic E-state index is -1.13. The van der Waals surface area contributed by atoms with Crippen molar-refractivity contribution < 1.29 is 24.5 Å². The number of benzene rings is 1. The maximum atomic E-state index is 12.6. The summed E-state index contributed by atoms with van der Waals surface area (Å²) in [6.07, 6.45) is 3.49. The van der Waals surface area contributed by atoms with Crippen molar-refractivity contribution in [1.82, 2.24) is 9.38 Å². The van der Waals surface area contributed by atoms with Crippen LogP contribution in [0.3, 0.4) is 0 Å². The van der Waals surface area contributed by atoms with Crippen LogP contribution in [0.1, 0.15) is 47.3 Å². The van der Waals surface area contributed by atoms with E-state index >= 15 is 0 Å². The Bertz CT molecular complexity index is 1230. The molecule has 0 aliphatic heterocycles. The lowest BCUT2D eigenvalue weighted by atomic mass is 10.0. The molecule has 0 saturated carbocycles. The van der Waals surface area contributed by atoms with Gasteiger partial charge in [0.25, 0.3) is 5.56 Å². The lowest BCUT2D eigenvalue weighted by Gasteiger charge is -2.15. The molecule has 0 unspecified atom stereocenters. The van der Waals surface area contributed by atoms with Crippen LogP contribution >= 0.6 is 11.6 Å². The van der Waals surface area contributed by atoms with Crippen LogP contribution in [0.25, 0.3) is 5.65 Å². The highest BCUT2D eigenvalue weighted by molar-refractivity contribution is 6.31. The van der Waals surface area contributed by atoms with Gasteiger partial charge >= 0.3 is 5.97 Å². The summed E-state index contributed by atoms with van der Waals surface area (Å²) >= 11 is 6.32. The standard InChI is InChI=1S/C22H21ClN2O6/c1-3-4-16-18(6-5-15(12(2)26)21(16)29)31-11-14-10-25-19(8-17(14)23)24-9-13(22(25)30)7-20(27)28/h5-6,8-10,29H,3-4,7,11H2,1-2H3,(H,27,28). The molecule has 0 spiro atoms. The number of aromatic hydroxyl groups is 1. The first-order chi connectivity index (χ1) is 14.7. The van der Waals surface area contributed by atoms with E-state index < -0.39 is 17.9 Å². The molecule has 0 radical (unpaired) electrons. The number of ether oxygens (including phenoxy) is 1. The molecule has 3 aromatic rings. The first kappa shape index (κ1) is 22.3. The first-order valence-corrected chi connectivity index (χ1v) is 9.99. The smallest absolute Gasteiger partial charge is 0.308 e. The number of aliphatic carboxylic acids is 1. The molecule has 3 rings (SSSR count). The SMILES string of the molecule is CCCc1c(OCc2cn3c(=O)c(CC(=O)O)cnc3cc2Cl)ccc(C(C)=O)c1O. The maximum Gasteiger partial charge on any atom is 0.308 e. The van der Waals surface area contributed by atoms with E-state index in [0.29, 0.717) is 28.3 Å². The topological polar surface area (TPSA) is 118 Å². The number of nitrogens with zero attached hydrogens (tertiary/aromatic N) is 2. The van der Waals surface area contributed by atoms with Crippen LogP contribution in [0, 0.1) is 0 Å². The number of carbonyl (C=O) groups is 2. The van der Waals surface area contributed by atoms with Gasteiger partial charge in [-0.05, 0) is 25.5 Å². The van der Waals surface area contributed by atoms with E-state index in [0.717, 1.165) is 6.42 Å². The lowest BCUT2D eigenvalue weighted by Crippen LogP contribution is -2.22. The third-order valence-electron chi connectivity index (χ3n) is 4.78. The molecular formula is C22H21ClN2O6. The van der Waals surface area contributed by atoms with Gasteiger partial charge < -0.3 is 14.9 Å². The molecule has 2 N–H and O–H groups in total. The van der Waals surface area contributed by atoms with Crippen LogP contribution in [-0.2, 0) is 24.2 Å². The molecule has 2 aromatic heterocycles. The molecule has 0 saturated heterocycles. The van der Waals surface area contributed by atoms with Gasteiger partial charge in [0.2, 0.25) is 0 Å². The van der Waals surface area contributed by atoms with Crippen LogP contribution < -0.4 is 10.3 Å². The van der Waals surface area contributed by atoms with Gasteiger partial charge in [-0.25, -0.2) is 4.98 Å². The number of aromatic nitrogens is 2. The predicted molar refractivity (Wildman–Crippen MR) is 114 cm³/mol. The van der Waals surface area contributed by atoms with Gasteiger partial charge in [0.1, 0.15) is 23.8 Å². The number of ketones is 1. The van der Waals surface area contributed by atoms with Gasteiger partial charge in [-0.15, -0.1) is 0 Å². The number of hydrogen-bond donors (Lipinski definition) is 2. The average molecular weight is 445 g/mol. The summed E-state index contributed by atoms with van der Waals surface area (Å²) in [6.45, 7) is 3.31. The number of halogens is 1. The minimum Gasteiger partial charge on any atom is -0.507 e. The quantitative estimate of drug-likeness (QED) is 0.511. The van der Waals surface area contributed by atoms with E-state index in [9.17, 15) is 19.5 Å². The van der Waals surface area contributed by atoms with E-state index in [4.69, 9.17) is 21.4 Å². The number of phenolic OH excluding ortho intramolecular Hbond substituents is 1. The minimum absolute atomic E-state index is 0.0139. The molecule has 0 atom stereocenters. The number of carboxylic acids is 1. The molecule has 162 valence electrons. The summed E-state index contributed by atoms with van der Waals surface area (Å²) in [5.41, 5.74) is 1.05. The molecule has 8 nitrogen and oxygen atoms in total. The van der Waals surface area contributed by atoms with Crippen LogP contribution in [0.15, 0.2) is 35.4 Å². The third kappa shape index (κ3) is 4.69. The predicted octanol–water partition coefficient (Wildman–Crippen LogP) is 3.41. The largest absolute Gasteiger partial charge is 0.507 e. The number of rotatable bonds is 8. The van der Waals surface area contributed by atoms with Crippen molar-refractivity contribution in [2.24, 2.45) is 0 Å². The van der Waals surface area contributed by atoms with Gasteiger partial charge in [-0.1, -0.05) is 24.9 Å². The third-order valence-corrected chi connectivity index (χ3v) is 5.14. The van der Waals surface area contributed by atoms with Crippen LogP contribution in [0.2, 0.25) is 5.02 Å². The number of fused-ring (bicyclic) bond motifs is 1. The van der Waals surface area contributed by atoms with E-state index in [2.05, 4.69) is 4.98 Å². The van der Waals surface area contributed by atoms with Gasteiger partial charge in [-0.2, -0.15) is 0 Å². The highest BCUT2D eigenvalue weighted by Gasteiger charge is 2.17. The number of hydrogen-bond acceptors (Lipinski definition) is 6. The van der Waals surface area contributed by atoms with E-state index in [-0.39, 0.29) is 34.9 Å². The molecule has 0 fully saturated rings. The van der Waals surface area contributed by atoms with Crippen molar-refractivity contribution in [3.05, 3.63) is 68.2 Å². The fourth-order valence-electron chi connectivity index (χ4n) is 3.25. The second kappa shape index (κ2) is 9.18. The van der Waals surface area contributed by atoms with Crippen LogP contribution in [0.5, 0.6) is 11.5 Å². The van der Waals surface area contributed by atoms with Crippen molar-refractivity contribution in [3.63, 3.8) is 0 Å². The van der Waals surface area contributed by atoms with Crippen molar-refractivity contribution in [3.8, 4) is 11.5 Å². The van der Waals surface area contributed by atoms with Crippen molar-refractivity contribution in [2.75, 3.05) is 0 Å². The average Bonchev–Trinajstić information content (AvgIpc) is 2.70. The summed E-state index contributed by atoms with van der Waals surface area (Å²) in [6, 6.07) is 4.62. The maximum absolute atomic E-state index is 12.6. The van der Waals surface area contributed by atoms with Crippen molar-refractivity contribution >= 4 is 29.0 Å². The highest BCUT2D eigenvalue weighted by Crippen LogP contribution is 2.33. The first-order valence-electron chi connectivity index (χ1n) is 9.62. The fourth-order valence-corrected chi connectivity index (χ4v) is 3.45. The molecule has 1 aromatic carbocycles. The normalized spacial score (nSPS) is 10.9. The number of phenols is 1. The van der Waals surface area contributed by atoms with Crippen molar-refractivity contribution in [2.45, 2.75) is 39.7 Å². The summed E-state index contributed by atoms with van der Waals surface area (Å²) in [7, 11) is 0. The summed E-state index contributed by atoms with van der Waals surface area (Å²) < 4.78 is 7.10. The molecule has 0 aliphatic rings. The van der Waals surface area contributed by atoms with Crippen LogP contribution in [0.4, 0.5) is 0 Å². The zero-order chi connectivity index (χ0) is 22.7. The van der Waals surface area contributed by atoms with E-state index in [1.807, 2.05) is 6.92 Å². The Morgan fingerprint density at radius 1 is 1.26 bits per heavy atom. The van der Waals surface area contributed by atoms with Crippen molar-refractivity contribution in [1.29, 1.82) is 0 Å². The Balaban J connectivity index is 1.97. The van der Waals surface area contributed by atoms with E-state index in [1.165, 1.54) is 35.9 Å². The van der Waals surface area contributed by atoms with Gasteiger partial charge in [0.05, 0.1) is 17.0 Å². The molecule has 0 aliphatic carbocycles. The number of Topliss-reactive ketones (excluding diaryl/α,β-unsaturated/α-hetero) is 1. The Hall–Kier alpha value is -3.39. The molecule has 31 heavy (non-hydrogen) atoms. The number of carbonyl (C=O) groups excluding carboxylic acids is 1. The Morgan fingerprint density at radius 3 is 2.65 bits per heavy atom. The summed E-state index contributed by atoms with van der Waals surface area (Å²) in [5, 5.41) is 19.8. The lowest BCUT2D eigenvalue weighted by molar-refractivity contribution is -0.136. The molecule has 9 heteroatoms. The molecule has 2 heterocycles. The number of pyridine rings is 1. The van der Waals surface area contributed by atoms with Crippen LogP contribution in [-0.4, -0.2) is 31.4 Å². The Labute approximate surface area is 182 Å². The number of carboxylic acid groups (broad SMARTS) is 1. The monoisotopic (exact) mass is 444 g/mol. The molecule has 0 amide bonds. The Kier molecular flexibility index (Phi) is 6.60. The highest BCUT2D eigenvalue weighted by atomic mass is 35.5. The zero-order valence-electron chi connectivity index (χ0n) is 17.0. The zero-order valence-corrected chi connectivity index (χ0v) is 17.8. The second-order valence-electron chi connectivity index (χ2n) is 7.07. The fraction of sp³-hybridized carbons (Fsp3) is 0.273.